The minimum absolute atomic E-state index is 0.231. The first-order valence-electron chi connectivity index (χ1n) is 7.61. The molecule has 20 heavy (non-hydrogen) atoms. The van der Waals surface area contributed by atoms with Crippen molar-refractivity contribution in [1.29, 1.82) is 0 Å². The van der Waals surface area contributed by atoms with Crippen LogP contribution in [-0.2, 0) is 16.4 Å². The maximum absolute atomic E-state index is 11.7. The molecule has 0 aliphatic heterocycles. The summed E-state index contributed by atoms with van der Waals surface area (Å²) in [5.74, 6) is 0.519. The topological polar surface area (TPSA) is 51.1 Å². The molecule has 0 aliphatic carbocycles. The number of rotatable bonds is 10. The average Bonchev–Trinajstić information content (AvgIpc) is 2.85. The molecule has 116 valence electrons. The summed E-state index contributed by atoms with van der Waals surface area (Å²) in [4.78, 5) is 0. The third-order valence-electron chi connectivity index (χ3n) is 3.38. The van der Waals surface area contributed by atoms with Gasteiger partial charge in [0.2, 0.25) is 0 Å². The first-order chi connectivity index (χ1) is 9.52. The molecule has 0 aromatic carbocycles. The number of hydrogen-bond donors (Lipinski definition) is 1. The number of sulfone groups is 1. The van der Waals surface area contributed by atoms with Crippen LogP contribution in [0.3, 0.4) is 0 Å². The van der Waals surface area contributed by atoms with Crippen molar-refractivity contribution in [2.45, 2.75) is 52.6 Å². The van der Waals surface area contributed by atoms with E-state index in [0.717, 1.165) is 19.4 Å². The minimum atomic E-state index is -2.90. The number of aromatic nitrogens is 1. The SMILES string of the molecule is CCCC(NCC)c1ccn(CCS(=O)(=O)CCC)c1. The third kappa shape index (κ3) is 5.67. The Labute approximate surface area is 123 Å². The Balaban J connectivity index is 2.62. The molecule has 0 fully saturated rings. The summed E-state index contributed by atoms with van der Waals surface area (Å²) >= 11 is 0. The third-order valence-corrected chi connectivity index (χ3v) is 5.21. The van der Waals surface area contributed by atoms with E-state index in [9.17, 15) is 8.42 Å². The Morgan fingerprint density at radius 1 is 1.20 bits per heavy atom. The molecule has 0 radical (unpaired) electrons. The zero-order valence-corrected chi connectivity index (χ0v) is 13.7. The lowest BCUT2D eigenvalue weighted by Crippen LogP contribution is -2.20. The fraction of sp³-hybridized carbons (Fsp3) is 0.733. The maximum Gasteiger partial charge on any atom is 0.152 e. The largest absolute Gasteiger partial charge is 0.353 e. The summed E-state index contributed by atoms with van der Waals surface area (Å²) in [7, 11) is -2.90. The van der Waals surface area contributed by atoms with Gasteiger partial charge in [0.05, 0.1) is 5.75 Å². The van der Waals surface area contributed by atoms with Gasteiger partial charge < -0.3 is 9.88 Å². The highest BCUT2D eigenvalue weighted by molar-refractivity contribution is 7.91. The van der Waals surface area contributed by atoms with Crippen molar-refractivity contribution in [3.8, 4) is 0 Å². The summed E-state index contributed by atoms with van der Waals surface area (Å²) in [6, 6.07) is 2.47. The van der Waals surface area contributed by atoms with E-state index in [-0.39, 0.29) is 11.5 Å². The van der Waals surface area contributed by atoms with Crippen LogP contribution in [0.5, 0.6) is 0 Å². The molecule has 0 saturated carbocycles. The van der Waals surface area contributed by atoms with Crippen LogP contribution in [0.2, 0.25) is 0 Å². The van der Waals surface area contributed by atoms with Crippen molar-refractivity contribution in [2.24, 2.45) is 0 Å². The molecule has 5 heteroatoms. The van der Waals surface area contributed by atoms with Gasteiger partial charge in [0.15, 0.2) is 9.84 Å². The lowest BCUT2D eigenvalue weighted by Gasteiger charge is -2.15. The molecule has 1 rings (SSSR count). The first-order valence-corrected chi connectivity index (χ1v) is 9.44. The fourth-order valence-electron chi connectivity index (χ4n) is 2.38. The Hall–Kier alpha value is -0.810. The monoisotopic (exact) mass is 300 g/mol. The van der Waals surface area contributed by atoms with E-state index >= 15 is 0 Å². The van der Waals surface area contributed by atoms with Gasteiger partial charge in [-0.05, 0) is 31.0 Å². The van der Waals surface area contributed by atoms with Crippen molar-refractivity contribution >= 4 is 9.84 Å². The summed E-state index contributed by atoms with van der Waals surface area (Å²) in [6.45, 7) is 7.68. The second-order valence-electron chi connectivity index (χ2n) is 5.23. The van der Waals surface area contributed by atoms with Gasteiger partial charge in [-0.15, -0.1) is 0 Å². The van der Waals surface area contributed by atoms with E-state index in [4.69, 9.17) is 0 Å². The van der Waals surface area contributed by atoms with E-state index in [1.54, 1.807) is 0 Å². The molecule has 1 unspecified atom stereocenters. The van der Waals surface area contributed by atoms with Gasteiger partial charge >= 0.3 is 0 Å². The number of nitrogens with one attached hydrogen (secondary N) is 1. The zero-order chi connectivity index (χ0) is 15.0. The summed E-state index contributed by atoms with van der Waals surface area (Å²) < 4.78 is 25.4. The van der Waals surface area contributed by atoms with Gasteiger partial charge in [0.25, 0.3) is 0 Å². The fourth-order valence-corrected chi connectivity index (χ4v) is 3.70. The Kier molecular flexibility index (Phi) is 7.30. The van der Waals surface area contributed by atoms with Crippen LogP contribution in [0, 0.1) is 0 Å². The van der Waals surface area contributed by atoms with Crippen molar-refractivity contribution in [3.63, 3.8) is 0 Å². The van der Waals surface area contributed by atoms with Gasteiger partial charge in [0.1, 0.15) is 0 Å². The Morgan fingerprint density at radius 2 is 1.95 bits per heavy atom. The second-order valence-corrected chi connectivity index (χ2v) is 7.54. The molecule has 1 atom stereocenters. The molecular formula is C15H28N2O2S. The van der Waals surface area contributed by atoms with E-state index < -0.39 is 9.84 Å². The Bertz CT molecular complexity index is 474. The normalized spacial score (nSPS) is 13.6. The summed E-state index contributed by atoms with van der Waals surface area (Å²) in [6.07, 6.45) is 6.99. The van der Waals surface area contributed by atoms with Crippen molar-refractivity contribution in [3.05, 3.63) is 24.0 Å². The highest BCUT2D eigenvalue weighted by atomic mass is 32.2. The van der Waals surface area contributed by atoms with E-state index in [1.165, 1.54) is 5.56 Å². The van der Waals surface area contributed by atoms with E-state index in [0.29, 0.717) is 19.0 Å². The van der Waals surface area contributed by atoms with Crippen LogP contribution in [0.1, 0.15) is 51.6 Å². The van der Waals surface area contributed by atoms with Crippen LogP contribution in [0.15, 0.2) is 18.5 Å². The predicted octanol–water partition coefficient (Wildman–Crippen LogP) is 2.76. The van der Waals surface area contributed by atoms with Crippen LogP contribution in [0.4, 0.5) is 0 Å². The first kappa shape index (κ1) is 17.2. The molecule has 0 amide bonds. The van der Waals surface area contributed by atoms with Crippen LogP contribution >= 0.6 is 0 Å². The van der Waals surface area contributed by atoms with Crippen LogP contribution in [-0.4, -0.2) is 31.0 Å². The minimum Gasteiger partial charge on any atom is -0.353 e. The molecule has 1 aromatic heterocycles. The highest BCUT2D eigenvalue weighted by Crippen LogP contribution is 2.18. The van der Waals surface area contributed by atoms with Crippen molar-refractivity contribution < 1.29 is 8.42 Å². The summed E-state index contributed by atoms with van der Waals surface area (Å²) in [5.41, 5.74) is 1.25. The van der Waals surface area contributed by atoms with Gasteiger partial charge in [-0.25, -0.2) is 8.42 Å². The number of hydrogen-bond acceptors (Lipinski definition) is 3. The second kappa shape index (κ2) is 8.47. The molecule has 0 bridgehead atoms. The molecular weight excluding hydrogens is 272 g/mol. The number of aryl methyl sites for hydroxylation is 1. The van der Waals surface area contributed by atoms with Crippen molar-refractivity contribution in [2.75, 3.05) is 18.1 Å². The van der Waals surface area contributed by atoms with E-state index in [1.807, 2.05) is 17.7 Å². The molecule has 0 saturated heterocycles. The molecule has 1 heterocycles. The molecule has 1 aromatic rings. The van der Waals surface area contributed by atoms with Gasteiger partial charge in [-0.2, -0.15) is 0 Å². The zero-order valence-electron chi connectivity index (χ0n) is 12.9. The quantitative estimate of drug-likeness (QED) is 0.723. The van der Waals surface area contributed by atoms with Crippen LogP contribution < -0.4 is 5.32 Å². The summed E-state index contributed by atoms with van der Waals surface area (Å²) in [5, 5.41) is 3.47. The number of nitrogens with zero attached hydrogens (tertiary/aromatic N) is 1. The van der Waals surface area contributed by atoms with Gasteiger partial charge in [-0.1, -0.05) is 27.2 Å². The standard InChI is InChI=1S/C15H28N2O2S/c1-4-7-15(16-6-3)14-8-9-17(13-14)10-12-20(18,19)11-5-2/h8-9,13,15-16H,4-7,10-12H2,1-3H3. The molecule has 1 N–H and O–H groups in total. The van der Waals surface area contributed by atoms with Gasteiger partial charge in [0, 0.05) is 30.7 Å². The smallest absolute Gasteiger partial charge is 0.152 e. The maximum atomic E-state index is 11.7. The van der Waals surface area contributed by atoms with E-state index in [2.05, 4.69) is 31.4 Å². The van der Waals surface area contributed by atoms with Gasteiger partial charge in [-0.3, -0.25) is 0 Å². The molecule has 4 nitrogen and oxygen atoms in total. The molecule has 0 spiro atoms. The predicted molar refractivity (Wildman–Crippen MR) is 84.7 cm³/mol. The lowest BCUT2D eigenvalue weighted by molar-refractivity contribution is 0.508. The lowest BCUT2D eigenvalue weighted by atomic mass is 10.1. The van der Waals surface area contributed by atoms with Crippen molar-refractivity contribution in [1.82, 2.24) is 9.88 Å². The molecule has 0 aliphatic rings. The highest BCUT2D eigenvalue weighted by Gasteiger charge is 2.12. The Morgan fingerprint density at radius 3 is 2.55 bits per heavy atom. The van der Waals surface area contributed by atoms with Crippen LogP contribution in [0.25, 0.3) is 0 Å². The average molecular weight is 300 g/mol.